The average Bonchev–Trinajstić information content (AvgIpc) is 2.78. The summed E-state index contributed by atoms with van der Waals surface area (Å²) in [5.41, 5.74) is 1.52. The Morgan fingerprint density at radius 1 is 1.38 bits per heavy atom. The van der Waals surface area contributed by atoms with Crippen molar-refractivity contribution in [1.82, 2.24) is 10.3 Å². The lowest BCUT2D eigenvalue weighted by atomic mass is 10.2. The third-order valence-electron chi connectivity index (χ3n) is 2.50. The smallest absolute Gasteiger partial charge is 0.133 e. The van der Waals surface area contributed by atoms with Crippen molar-refractivity contribution in [2.24, 2.45) is 0 Å². The highest BCUT2D eigenvalue weighted by Gasteiger charge is 2.11. The third kappa shape index (κ3) is 2.13. The Balaban J connectivity index is 2.35. The maximum absolute atomic E-state index is 13.5. The van der Waals surface area contributed by atoms with Gasteiger partial charge in [0.2, 0.25) is 0 Å². The first kappa shape index (κ1) is 11.2. The van der Waals surface area contributed by atoms with Crippen LogP contribution >= 0.6 is 11.3 Å². The van der Waals surface area contributed by atoms with Crippen molar-refractivity contribution < 1.29 is 4.39 Å². The Kier molecular flexibility index (Phi) is 3.31. The van der Waals surface area contributed by atoms with Gasteiger partial charge >= 0.3 is 0 Å². The summed E-state index contributed by atoms with van der Waals surface area (Å²) in [5.74, 6) is -0.222. The average molecular weight is 236 g/mol. The van der Waals surface area contributed by atoms with Crippen molar-refractivity contribution in [2.75, 3.05) is 7.05 Å². The normalized spacial score (nSPS) is 12.7. The molecule has 0 aliphatic heterocycles. The number of halogens is 1. The molecule has 1 atom stereocenters. The van der Waals surface area contributed by atoms with Gasteiger partial charge in [-0.05, 0) is 26.1 Å². The summed E-state index contributed by atoms with van der Waals surface area (Å²) in [5, 5.41) is 5.80. The highest BCUT2D eigenvalue weighted by Crippen LogP contribution is 2.27. The minimum absolute atomic E-state index is 0.191. The highest BCUT2D eigenvalue weighted by atomic mass is 32.1. The molecular formula is C12H13FN2S. The highest BCUT2D eigenvalue weighted by molar-refractivity contribution is 7.13. The standard InChI is InChI=1S/C12H13FN2S/c1-8(14-2)11-7-16-12(15-11)9-5-3-4-6-10(9)13/h3-8,14H,1-2H3. The Bertz CT molecular complexity index is 481. The molecule has 0 fully saturated rings. The number of thiazole rings is 1. The lowest BCUT2D eigenvalue weighted by Crippen LogP contribution is -2.12. The monoisotopic (exact) mass is 236 g/mol. The number of rotatable bonds is 3. The van der Waals surface area contributed by atoms with Crippen LogP contribution in [0.1, 0.15) is 18.7 Å². The molecule has 1 aromatic heterocycles. The molecule has 0 aliphatic rings. The third-order valence-corrected chi connectivity index (χ3v) is 3.40. The van der Waals surface area contributed by atoms with Crippen molar-refractivity contribution in [3.63, 3.8) is 0 Å². The molecular weight excluding hydrogens is 223 g/mol. The van der Waals surface area contributed by atoms with E-state index in [1.165, 1.54) is 17.4 Å². The van der Waals surface area contributed by atoms with Crippen LogP contribution in [0.25, 0.3) is 10.6 Å². The van der Waals surface area contributed by atoms with Gasteiger partial charge < -0.3 is 5.32 Å². The zero-order chi connectivity index (χ0) is 11.5. The van der Waals surface area contributed by atoms with Crippen molar-refractivity contribution in [3.8, 4) is 10.6 Å². The molecule has 0 saturated carbocycles. The number of hydrogen-bond acceptors (Lipinski definition) is 3. The van der Waals surface area contributed by atoms with Crippen LogP contribution in [-0.4, -0.2) is 12.0 Å². The first-order valence-corrected chi connectivity index (χ1v) is 5.98. The van der Waals surface area contributed by atoms with E-state index in [0.29, 0.717) is 5.56 Å². The zero-order valence-corrected chi connectivity index (χ0v) is 10.0. The largest absolute Gasteiger partial charge is 0.312 e. The van der Waals surface area contributed by atoms with Gasteiger partial charge in [-0.3, -0.25) is 0 Å². The summed E-state index contributed by atoms with van der Waals surface area (Å²) in [4.78, 5) is 4.43. The van der Waals surface area contributed by atoms with E-state index >= 15 is 0 Å². The van der Waals surface area contributed by atoms with Gasteiger partial charge in [-0.15, -0.1) is 11.3 Å². The first-order valence-electron chi connectivity index (χ1n) is 5.10. The van der Waals surface area contributed by atoms with E-state index in [1.807, 2.05) is 25.4 Å². The molecule has 0 radical (unpaired) electrons. The second kappa shape index (κ2) is 4.72. The molecule has 2 nitrogen and oxygen atoms in total. The van der Waals surface area contributed by atoms with Gasteiger partial charge in [-0.25, -0.2) is 9.37 Å². The molecule has 0 bridgehead atoms. The summed E-state index contributed by atoms with van der Waals surface area (Å²) < 4.78 is 13.5. The van der Waals surface area contributed by atoms with Crippen LogP contribution in [0.4, 0.5) is 4.39 Å². The Morgan fingerprint density at radius 2 is 2.12 bits per heavy atom. The summed E-state index contributed by atoms with van der Waals surface area (Å²) in [6.45, 7) is 2.03. The predicted octanol–water partition coefficient (Wildman–Crippen LogP) is 3.23. The molecule has 0 saturated heterocycles. The number of nitrogens with one attached hydrogen (secondary N) is 1. The summed E-state index contributed by atoms with van der Waals surface area (Å²) >= 11 is 1.47. The van der Waals surface area contributed by atoms with Gasteiger partial charge in [0.15, 0.2) is 0 Å². The molecule has 16 heavy (non-hydrogen) atoms. The number of benzene rings is 1. The molecule has 4 heteroatoms. The molecule has 0 aliphatic carbocycles. The molecule has 2 rings (SSSR count). The Labute approximate surface area is 98.2 Å². The molecule has 1 aromatic carbocycles. The quantitative estimate of drug-likeness (QED) is 0.885. The zero-order valence-electron chi connectivity index (χ0n) is 9.20. The van der Waals surface area contributed by atoms with Crippen LogP contribution in [-0.2, 0) is 0 Å². The van der Waals surface area contributed by atoms with Gasteiger partial charge in [-0.2, -0.15) is 0 Å². The molecule has 84 valence electrons. The van der Waals surface area contributed by atoms with Gasteiger partial charge in [-0.1, -0.05) is 12.1 Å². The lowest BCUT2D eigenvalue weighted by molar-refractivity contribution is 0.628. The maximum atomic E-state index is 13.5. The fourth-order valence-corrected chi connectivity index (χ4v) is 2.33. The Hall–Kier alpha value is -1.26. The van der Waals surface area contributed by atoms with Crippen molar-refractivity contribution in [1.29, 1.82) is 0 Å². The van der Waals surface area contributed by atoms with E-state index in [-0.39, 0.29) is 11.9 Å². The van der Waals surface area contributed by atoms with E-state index in [4.69, 9.17) is 0 Å². The van der Waals surface area contributed by atoms with Crippen LogP contribution in [0.3, 0.4) is 0 Å². The van der Waals surface area contributed by atoms with Crippen LogP contribution in [0.5, 0.6) is 0 Å². The van der Waals surface area contributed by atoms with Crippen LogP contribution in [0, 0.1) is 5.82 Å². The SMILES string of the molecule is CNC(C)c1csc(-c2ccccc2F)n1. The van der Waals surface area contributed by atoms with Crippen molar-refractivity contribution >= 4 is 11.3 Å². The van der Waals surface area contributed by atoms with Gasteiger partial charge in [0.25, 0.3) is 0 Å². The van der Waals surface area contributed by atoms with E-state index < -0.39 is 0 Å². The topological polar surface area (TPSA) is 24.9 Å². The van der Waals surface area contributed by atoms with E-state index in [9.17, 15) is 4.39 Å². The number of aromatic nitrogens is 1. The van der Waals surface area contributed by atoms with Crippen molar-refractivity contribution in [2.45, 2.75) is 13.0 Å². The molecule has 0 amide bonds. The lowest BCUT2D eigenvalue weighted by Gasteiger charge is -2.05. The van der Waals surface area contributed by atoms with Gasteiger partial charge in [0, 0.05) is 17.0 Å². The van der Waals surface area contributed by atoms with Crippen molar-refractivity contribution in [3.05, 3.63) is 41.2 Å². The second-order valence-corrected chi connectivity index (χ2v) is 4.43. The number of hydrogen-bond donors (Lipinski definition) is 1. The van der Waals surface area contributed by atoms with Crippen LogP contribution in [0.2, 0.25) is 0 Å². The summed E-state index contributed by atoms with van der Waals surface area (Å²) in [6, 6.07) is 6.90. The molecule has 1 N–H and O–H groups in total. The summed E-state index contributed by atoms with van der Waals surface area (Å²) in [6.07, 6.45) is 0. The van der Waals surface area contributed by atoms with Gasteiger partial charge in [0.05, 0.1) is 5.69 Å². The van der Waals surface area contributed by atoms with Crippen LogP contribution in [0.15, 0.2) is 29.6 Å². The molecule has 0 spiro atoms. The molecule has 1 heterocycles. The molecule has 2 aromatic rings. The fraction of sp³-hybridized carbons (Fsp3) is 0.250. The van der Waals surface area contributed by atoms with E-state index in [1.54, 1.807) is 12.1 Å². The van der Waals surface area contributed by atoms with Gasteiger partial charge in [0.1, 0.15) is 10.8 Å². The molecule has 1 unspecified atom stereocenters. The fourth-order valence-electron chi connectivity index (χ4n) is 1.39. The predicted molar refractivity (Wildman–Crippen MR) is 65.0 cm³/mol. The number of nitrogens with zero attached hydrogens (tertiary/aromatic N) is 1. The minimum Gasteiger partial charge on any atom is -0.312 e. The van der Waals surface area contributed by atoms with E-state index in [0.717, 1.165) is 10.7 Å². The second-order valence-electron chi connectivity index (χ2n) is 3.57. The van der Waals surface area contributed by atoms with Crippen LogP contribution < -0.4 is 5.32 Å². The first-order chi connectivity index (χ1) is 7.72. The van der Waals surface area contributed by atoms with E-state index in [2.05, 4.69) is 10.3 Å². The summed E-state index contributed by atoms with van der Waals surface area (Å²) in [7, 11) is 1.88. The Morgan fingerprint density at radius 3 is 2.81 bits per heavy atom. The maximum Gasteiger partial charge on any atom is 0.133 e. The minimum atomic E-state index is -0.222.